The van der Waals surface area contributed by atoms with E-state index in [2.05, 4.69) is 131 Å². The number of ether oxygens (including phenoxy) is 6. The zero-order valence-corrected chi connectivity index (χ0v) is 43.1. The van der Waals surface area contributed by atoms with Crippen LogP contribution in [0.2, 0.25) is 0 Å². The Hall–Kier alpha value is -5.32. The average molecular weight is 929 g/mol. The molecular weight excluding hydrogens is 845 g/mol. The molecule has 0 bridgehead atoms. The molecule has 6 atom stereocenters. The SMILES string of the molecule is CC[C@H](C)COc1cc(/C=C/c2cc(OC[C@@H](C)CC)c(/C=C/c3cc(OC[C@@H](C)CC)c(NC(=O)NCC(=O)O)cc3OC[C@@H](C)CC)cc2OC[C@@H](C)CC)c(OC[C@@H](C)CC)cc1C. The molecule has 0 aliphatic rings. The van der Waals surface area contributed by atoms with Gasteiger partial charge in [-0.25, -0.2) is 4.79 Å². The second-order valence-corrected chi connectivity index (χ2v) is 18.8. The first-order valence-corrected chi connectivity index (χ1v) is 24.9. The van der Waals surface area contributed by atoms with Crippen LogP contribution >= 0.6 is 0 Å². The van der Waals surface area contributed by atoms with Crippen LogP contribution in [0.25, 0.3) is 24.3 Å². The van der Waals surface area contributed by atoms with E-state index in [4.69, 9.17) is 28.4 Å². The number of hydrogen-bond donors (Lipinski definition) is 3. The van der Waals surface area contributed by atoms with Crippen LogP contribution in [0.3, 0.4) is 0 Å². The zero-order valence-electron chi connectivity index (χ0n) is 43.1. The van der Waals surface area contributed by atoms with E-state index in [1.807, 2.05) is 24.3 Å². The number of aliphatic carboxylic acids is 1. The first-order chi connectivity index (χ1) is 32.0. The van der Waals surface area contributed by atoms with Crippen LogP contribution in [0.1, 0.15) is 149 Å². The highest BCUT2D eigenvalue weighted by molar-refractivity contribution is 5.93. The maximum atomic E-state index is 12.9. The summed E-state index contributed by atoms with van der Waals surface area (Å²) in [4.78, 5) is 24.1. The third-order valence-corrected chi connectivity index (χ3v) is 12.4. The average Bonchev–Trinajstić information content (AvgIpc) is 3.33. The van der Waals surface area contributed by atoms with Crippen molar-refractivity contribution in [2.45, 2.75) is 129 Å². The van der Waals surface area contributed by atoms with E-state index in [0.717, 1.165) is 77.8 Å². The molecule has 0 unspecified atom stereocenters. The highest BCUT2D eigenvalue weighted by atomic mass is 16.5. The Labute approximate surface area is 403 Å². The summed E-state index contributed by atoms with van der Waals surface area (Å²) >= 11 is 0. The molecule has 0 aliphatic heterocycles. The number of benzene rings is 3. The van der Waals surface area contributed by atoms with Crippen LogP contribution in [0.4, 0.5) is 10.5 Å². The summed E-state index contributed by atoms with van der Waals surface area (Å²) in [5, 5.41) is 14.4. The van der Waals surface area contributed by atoms with Gasteiger partial charge in [0.15, 0.2) is 0 Å². The smallest absolute Gasteiger partial charge is 0.323 e. The molecule has 3 rings (SSSR count). The van der Waals surface area contributed by atoms with Crippen molar-refractivity contribution in [3.05, 3.63) is 64.2 Å². The predicted octanol–water partition coefficient (Wildman–Crippen LogP) is 14.1. The maximum Gasteiger partial charge on any atom is 0.323 e. The Morgan fingerprint density at radius 3 is 1.09 bits per heavy atom. The summed E-state index contributed by atoms with van der Waals surface area (Å²) in [5.41, 5.74) is 4.73. The number of carbonyl (C=O) groups excluding carboxylic acids is 1. The summed E-state index contributed by atoms with van der Waals surface area (Å²) in [7, 11) is 0. The number of urea groups is 1. The summed E-state index contributed by atoms with van der Waals surface area (Å²) in [6.07, 6.45) is 14.0. The molecular formula is C56H84N2O9. The largest absolute Gasteiger partial charge is 0.493 e. The predicted molar refractivity (Wildman–Crippen MR) is 276 cm³/mol. The van der Waals surface area contributed by atoms with Gasteiger partial charge in [0.2, 0.25) is 0 Å². The van der Waals surface area contributed by atoms with E-state index in [-0.39, 0.29) is 11.8 Å². The Morgan fingerprint density at radius 2 is 0.746 bits per heavy atom. The second-order valence-electron chi connectivity index (χ2n) is 18.8. The lowest BCUT2D eigenvalue weighted by Crippen LogP contribution is -2.33. The van der Waals surface area contributed by atoms with Crippen molar-refractivity contribution in [1.82, 2.24) is 5.32 Å². The summed E-state index contributed by atoms with van der Waals surface area (Å²) < 4.78 is 39.0. The van der Waals surface area contributed by atoms with Crippen molar-refractivity contribution in [3.8, 4) is 34.5 Å². The van der Waals surface area contributed by atoms with Crippen molar-refractivity contribution in [2.75, 3.05) is 51.5 Å². The molecule has 0 radical (unpaired) electrons. The number of nitrogens with one attached hydrogen (secondary N) is 2. The zero-order chi connectivity index (χ0) is 49.5. The minimum atomic E-state index is -1.15. The van der Waals surface area contributed by atoms with Crippen LogP contribution in [-0.2, 0) is 4.79 Å². The fourth-order valence-corrected chi connectivity index (χ4v) is 6.02. The van der Waals surface area contributed by atoms with Gasteiger partial charge < -0.3 is 44.2 Å². The van der Waals surface area contributed by atoms with Gasteiger partial charge in [0.1, 0.15) is 41.0 Å². The maximum absolute atomic E-state index is 12.9. The first-order valence-electron chi connectivity index (χ1n) is 24.9. The molecule has 0 aliphatic carbocycles. The molecule has 3 aromatic rings. The molecule has 3 N–H and O–H groups in total. The number of amides is 2. The number of carboxylic acids is 1. The number of rotatable bonds is 31. The molecule has 67 heavy (non-hydrogen) atoms. The van der Waals surface area contributed by atoms with E-state index in [9.17, 15) is 14.7 Å². The molecule has 3 aromatic carbocycles. The number of carboxylic acid groups (broad SMARTS) is 1. The lowest BCUT2D eigenvalue weighted by Gasteiger charge is -2.20. The fourth-order valence-electron chi connectivity index (χ4n) is 6.02. The number of hydrogen-bond acceptors (Lipinski definition) is 8. The van der Waals surface area contributed by atoms with Crippen LogP contribution in [0.5, 0.6) is 34.5 Å². The quantitative estimate of drug-likeness (QED) is 0.0539. The monoisotopic (exact) mass is 929 g/mol. The van der Waals surface area contributed by atoms with Gasteiger partial charge >= 0.3 is 12.0 Å². The van der Waals surface area contributed by atoms with Crippen LogP contribution in [-0.4, -0.2) is 63.3 Å². The van der Waals surface area contributed by atoms with Gasteiger partial charge in [0.05, 0.1) is 45.3 Å². The minimum Gasteiger partial charge on any atom is -0.493 e. The molecule has 0 heterocycles. The summed E-state index contributed by atoms with van der Waals surface area (Å²) in [6.45, 7) is 30.6. The van der Waals surface area contributed by atoms with Crippen LogP contribution in [0, 0.1) is 42.4 Å². The standard InChI is InChI=1S/C56H84N2O9/c1-14-37(7)31-62-49-25-44(50(24-43(49)13)63-32-38(8)15-2)20-21-45-26-52(65-34-40(10)17-4)46(27-51(45)64-33-39(9)16-3)22-23-47-28-54(67-36-42(12)19-6)48(58-56(61)57-30-55(59)60)29-53(47)66-35-41(11)18-5/h20-29,37-42H,14-19,30-36H2,1-13H3,(H,59,60)(H2,57,58,61)/b21-20+,23-22+/t37-,38-,39-,40-,41-,42-/m0/s1. The van der Waals surface area contributed by atoms with Crippen molar-refractivity contribution < 1.29 is 43.1 Å². The van der Waals surface area contributed by atoms with Crippen molar-refractivity contribution >= 4 is 42.0 Å². The Bertz CT molecular complexity index is 2050. The van der Waals surface area contributed by atoms with Gasteiger partial charge in [-0.15, -0.1) is 0 Å². The topological polar surface area (TPSA) is 134 Å². The van der Waals surface area contributed by atoms with Crippen molar-refractivity contribution in [3.63, 3.8) is 0 Å². The molecule has 11 nitrogen and oxygen atoms in total. The van der Waals surface area contributed by atoms with E-state index in [0.29, 0.717) is 92.0 Å². The van der Waals surface area contributed by atoms with Gasteiger partial charge in [0.25, 0.3) is 0 Å². The second kappa shape index (κ2) is 29.4. The first kappa shape index (κ1) is 56.0. The van der Waals surface area contributed by atoms with Crippen molar-refractivity contribution in [1.29, 1.82) is 0 Å². The Balaban J connectivity index is 2.29. The third kappa shape index (κ3) is 19.4. The molecule has 0 saturated heterocycles. The van der Waals surface area contributed by atoms with Gasteiger partial charge in [-0.3, -0.25) is 4.79 Å². The minimum absolute atomic E-state index is 0.250. The normalized spacial score (nSPS) is 14.2. The van der Waals surface area contributed by atoms with Gasteiger partial charge in [-0.05, 0) is 78.3 Å². The number of carbonyl (C=O) groups is 2. The lowest BCUT2D eigenvalue weighted by atomic mass is 10.0. The molecule has 372 valence electrons. The number of anilines is 1. The van der Waals surface area contributed by atoms with Crippen LogP contribution in [0.15, 0.2) is 36.4 Å². The highest BCUT2D eigenvalue weighted by Gasteiger charge is 2.19. The molecule has 0 fully saturated rings. The molecule has 0 saturated carbocycles. The highest BCUT2D eigenvalue weighted by Crippen LogP contribution is 2.38. The van der Waals surface area contributed by atoms with E-state index < -0.39 is 18.5 Å². The third-order valence-electron chi connectivity index (χ3n) is 12.4. The van der Waals surface area contributed by atoms with Gasteiger partial charge in [-0.1, -0.05) is 146 Å². The lowest BCUT2D eigenvalue weighted by molar-refractivity contribution is -0.135. The van der Waals surface area contributed by atoms with Gasteiger partial charge in [-0.2, -0.15) is 0 Å². The van der Waals surface area contributed by atoms with E-state index in [1.54, 1.807) is 6.07 Å². The van der Waals surface area contributed by atoms with Crippen LogP contribution < -0.4 is 39.1 Å². The Kier molecular flexibility index (Phi) is 24.6. The summed E-state index contributed by atoms with van der Waals surface area (Å²) in [5.74, 6) is 4.89. The molecule has 0 spiro atoms. The van der Waals surface area contributed by atoms with E-state index in [1.165, 1.54) is 0 Å². The molecule has 11 heteroatoms. The van der Waals surface area contributed by atoms with E-state index >= 15 is 0 Å². The van der Waals surface area contributed by atoms with Gasteiger partial charge in [0, 0.05) is 28.3 Å². The molecule has 2 amide bonds. The van der Waals surface area contributed by atoms with Crippen molar-refractivity contribution in [2.24, 2.45) is 35.5 Å². The number of aryl methyl sites for hydroxylation is 1. The molecule has 0 aromatic heterocycles. The summed E-state index contributed by atoms with van der Waals surface area (Å²) in [6, 6.07) is 11.2. The Morgan fingerprint density at radius 1 is 0.463 bits per heavy atom. The fraction of sp³-hybridized carbons (Fsp3) is 0.571.